The van der Waals surface area contributed by atoms with Crippen LogP contribution in [0.4, 0.5) is 0 Å². The number of hydrogen-bond acceptors (Lipinski definition) is 6. The minimum Gasteiger partial charge on any atom is -0.497 e. The molecule has 0 aliphatic carbocycles. The van der Waals surface area contributed by atoms with Gasteiger partial charge in [-0.2, -0.15) is 5.10 Å². The van der Waals surface area contributed by atoms with Gasteiger partial charge in [0.1, 0.15) is 11.3 Å². The molecule has 0 saturated heterocycles. The first-order chi connectivity index (χ1) is 14.4. The molecule has 0 bridgehead atoms. The van der Waals surface area contributed by atoms with E-state index < -0.39 is 17.1 Å². The summed E-state index contributed by atoms with van der Waals surface area (Å²) in [5.74, 6) is 0.317. The molecule has 154 valence electrons. The summed E-state index contributed by atoms with van der Waals surface area (Å²) in [6.07, 6.45) is 0.383. The highest BCUT2D eigenvalue weighted by Gasteiger charge is 2.27. The van der Waals surface area contributed by atoms with Gasteiger partial charge in [-0.3, -0.25) is 9.78 Å². The lowest BCUT2D eigenvalue weighted by molar-refractivity contribution is 0.414. The van der Waals surface area contributed by atoms with Gasteiger partial charge in [0.05, 0.1) is 24.6 Å². The van der Waals surface area contributed by atoms with Crippen LogP contribution in [0.3, 0.4) is 0 Å². The molecule has 1 aliphatic rings. The highest BCUT2D eigenvalue weighted by molar-refractivity contribution is 6.03. The molecule has 1 aromatic heterocycles. The third-order valence-corrected chi connectivity index (χ3v) is 5.11. The molecule has 3 aromatic rings. The molecule has 0 unspecified atom stereocenters. The number of aromatic amines is 1. The third-order valence-electron chi connectivity index (χ3n) is 5.11. The minimum absolute atomic E-state index is 0.0164. The molecule has 3 N–H and O–H groups in total. The van der Waals surface area contributed by atoms with Gasteiger partial charge in [0.2, 0.25) is 5.88 Å². The Kier molecular flexibility index (Phi) is 4.91. The van der Waals surface area contributed by atoms with Crippen LogP contribution in [0.5, 0.6) is 11.6 Å². The van der Waals surface area contributed by atoms with Gasteiger partial charge in [0.25, 0.3) is 5.56 Å². The van der Waals surface area contributed by atoms with Gasteiger partial charge in [-0.25, -0.2) is 9.36 Å². The molecule has 1 aliphatic heterocycles. The fraction of sp³-hybridized carbons (Fsp3) is 0.227. The second-order valence-electron chi connectivity index (χ2n) is 7.36. The third kappa shape index (κ3) is 3.47. The van der Waals surface area contributed by atoms with Crippen LogP contribution < -0.4 is 21.4 Å². The van der Waals surface area contributed by atoms with E-state index in [2.05, 4.69) is 15.5 Å². The quantitative estimate of drug-likeness (QED) is 0.616. The Morgan fingerprint density at radius 1 is 1.10 bits per heavy atom. The van der Waals surface area contributed by atoms with Crippen molar-refractivity contribution < 1.29 is 9.84 Å². The van der Waals surface area contributed by atoms with Crippen LogP contribution in [0.15, 0.2) is 57.2 Å². The van der Waals surface area contributed by atoms with Crippen LogP contribution in [-0.4, -0.2) is 27.5 Å². The lowest BCUT2D eigenvalue weighted by Crippen LogP contribution is -2.33. The van der Waals surface area contributed by atoms with E-state index in [-0.39, 0.29) is 11.6 Å². The summed E-state index contributed by atoms with van der Waals surface area (Å²) in [4.78, 5) is 27.3. The largest absolute Gasteiger partial charge is 0.497 e. The number of hydrazone groups is 1. The number of aryl methyl sites for hydroxylation is 2. The fourth-order valence-electron chi connectivity index (χ4n) is 3.73. The Morgan fingerprint density at radius 3 is 2.40 bits per heavy atom. The number of rotatable bonds is 4. The van der Waals surface area contributed by atoms with Crippen LogP contribution in [0.25, 0.3) is 5.69 Å². The molecule has 0 radical (unpaired) electrons. The average Bonchev–Trinajstić information content (AvgIpc) is 3.16. The van der Waals surface area contributed by atoms with E-state index in [1.165, 1.54) is 0 Å². The first-order valence-corrected chi connectivity index (χ1v) is 9.50. The number of nitrogens with one attached hydrogen (secondary N) is 2. The normalized spacial score (nSPS) is 15.6. The van der Waals surface area contributed by atoms with Crippen molar-refractivity contribution in [2.75, 3.05) is 7.11 Å². The van der Waals surface area contributed by atoms with Gasteiger partial charge in [-0.1, -0.05) is 18.2 Å². The van der Waals surface area contributed by atoms with E-state index in [0.29, 0.717) is 17.8 Å². The Labute approximate surface area is 172 Å². The van der Waals surface area contributed by atoms with Crippen molar-refractivity contribution in [3.63, 3.8) is 0 Å². The molecule has 0 saturated carbocycles. The Morgan fingerprint density at radius 2 is 1.77 bits per heavy atom. The molecule has 8 heteroatoms. The van der Waals surface area contributed by atoms with Gasteiger partial charge in [0, 0.05) is 6.42 Å². The highest BCUT2D eigenvalue weighted by Crippen LogP contribution is 2.28. The number of benzene rings is 2. The van der Waals surface area contributed by atoms with Crippen molar-refractivity contribution in [3.8, 4) is 17.3 Å². The van der Waals surface area contributed by atoms with Crippen LogP contribution in [0.1, 0.15) is 34.7 Å². The number of ether oxygens (including phenoxy) is 1. The lowest BCUT2D eigenvalue weighted by atomic mass is 10.00. The summed E-state index contributed by atoms with van der Waals surface area (Å²) in [6, 6.07) is 12.9. The monoisotopic (exact) mass is 406 g/mol. The Bertz CT molecular complexity index is 1240. The fourth-order valence-corrected chi connectivity index (χ4v) is 3.73. The maximum atomic E-state index is 12.5. The summed E-state index contributed by atoms with van der Waals surface area (Å²) in [7, 11) is 1.60. The van der Waals surface area contributed by atoms with E-state index >= 15 is 0 Å². The molecular formula is C22H22N4O4. The molecule has 30 heavy (non-hydrogen) atoms. The van der Waals surface area contributed by atoms with Gasteiger partial charge in [-0.05, 0) is 54.8 Å². The summed E-state index contributed by atoms with van der Waals surface area (Å²) in [6.45, 7) is 3.80. The summed E-state index contributed by atoms with van der Waals surface area (Å²) in [5.41, 5.74) is 5.30. The minimum atomic E-state index is -0.704. The van der Waals surface area contributed by atoms with Crippen molar-refractivity contribution >= 4 is 5.71 Å². The van der Waals surface area contributed by atoms with Crippen molar-refractivity contribution in [2.45, 2.75) is 26.3 Å². The topological polar surface area (TPSA) is 109 Å². The first kappa shape index (κ1) is 19.5. The van der Waals surface area contributed by atoms with Crippen LogP contribution in [0.2, 0.25) is 0 Å². The molecule has 4 rings (SSSR count). The summed E-state index contributed by atoms with van der Waals surface area (Å²) < 4.78 is 6.27. The Balaban J connectivity index is 1.73. The number of nitrogens with zero attached hydrogens (tertiary/aromatic N) is 2. The van der Waals surface area contributed by atoms with Crippen molar-refractivity contribution in [1.82, 2.24) is 15.0 Å². The molecule has 2 heterocycles. The lowest BCUT2D eigenvalue weighted by Gasteiger charge is -2.13. The van der Waals surface area contributed by atoms with Gasteiger partial charge < -0.3 is 15.3 Å². The van der Waals surface area contributed by atoms with Gasteiger partial charge in [0.15, 0.2) is 0 Å². The van der Waals surface area contributed by atoms with Crippen LogP contribution in [-0.2, 0) is 0 Å². The zero-order valence-electron chi connectivity index (χ0n) is 16.9. The number of aromatic nitrogens is 2. The average molecular weight is 406 g/mol. The first-order valence-electron chi connectivity index (χ1n) is 9.50. The van der Waals surface area contributed by atoms with E-state index in [9.17, 15) is 14.7 Å². The molecule has 0 amide bonds. The molecule has 0 fully saturated rings. The van der Waals surface area contributed by atoms with Crippen LogP contribution in [0, 0.1) is 13.8 Å². The molecular weight excluding hydrogens is 384 g/mol. The second kappa shape index (κ2) is 7.55. The molecule has 0 spiro atoms. The smallest absolute Gasteiger partial charge is 0.335 e. The second-order valence-corrected chi connectivity index (χ2v) is 7.36. The van der Waals surface area contributed by atoms with Gasteiger partial charge in [-0.15, -0.1) is 0 Å². The predicted molar refractivity (Wildman–Crippen MR) is 114 cm³/mol. The zero-order chi connectivity index (χ0) is 21.4. The maximum Gasteiger partial charge on any atom is 0.335 e. The number of hydrogen-bond donors (Lipinski definition) is 3. The Hall–Kier alpha value is -3.81. The van der Waals surface area contributed by atoms with E-state index in [1.54, 1.807) is 19.2 Å². The molecule has 8 nitrogen and oxygen atoms in total. The van der Waals surface area contributed by atoms with Crippen LogP contribution >= 0.6 is 0 Å². The summed E-state index contributed by atoms with van der Waals surface area (Å²) in [5, 5.41) is 15.2. The van der Waals surface area contributed by atoms with Gasteiger partial charge >= 0.3 is 5.69 Å². The van der Waals surface area contributed by atoms with Crippen molar-refractivity contribution in [3.05, 3.63) is 85.6 Å². The summed E-state index contributed by atoms with van der Waals surface area (Å²) >= 11 is 0. The standard InChI is InChI=1S/C22H22N4O4/c1-12-8-13(2)10-15(9-12)26-21(28)19(20(27)23-22(26)29)18-11-17(24-25-18)14-4-6-16(30-3)7-5-14/h4-10,17,24,28H,11H2,1-3H3,(H,23,27,29)/t17-/m0/s1. The predicted octanol–water partition coefficient (Wildman–Crippen LogP) is 2.30. The number of H-pyrrole nitrogens is 1. The SMILES string of the molecule is COc1ccc([C@@H]2CC(c3c(O)n(-c4cc(C)cc(C)c4)c(=O)[nH]c3=O)=NN2)cc1. The van der Waals surface area contributed by atoms with E-state index in [0.717, 1.165) is 27.0 Å². The molecule has 2 aromatic carbocycles. The maximum absolute atomic E-state index is 12.5. The molecule has 1 atom stereocenters. The number of methoxy groups -OCH3 is 1. The van der Waals surface area contributed by atoms with E-state index in [1.807, 2.05) is 44.2 Å². The van der Waals surface area contributed by atoms with Crippen molar-refractivity contribution in [2.24, 2.45) is 5.10 Å². The van der Waals surface area contributed by atoms with Crippen molar-refractivity contribution in [1.29, 1.82) is 0 Å². The highest BCUT2D eigenvalue weighted by atomic mass is 16.5. The van der Waals surface area contributed by atoms with E-state index in [4.69, 9.17) is 4.74 Å². The zero-order valence-corrected chi connectivity index (χ0v) is 16.9. The number of aromatic hydroxyl groups is 1.